The second-order valence-electron chi connectivity index (χ2n) is 10.9. The van der Waals surface area contributed by atoms with Crippen molar-refractivity contribution in [2.24, 2.45) is 0 Å². The van der Waals surface area contributed by atoms with E-state index in [0.29, 0.717) is 5.92 Å². The molecular weight excluding hydrogens is 612 g/mol. The van der Waals surface area contributed by atoms with Gasteiger partial charge in [0, 0.05) is 0 Å². The molecule has 0 spiro atoms. The Hall–Kier alpha value is -3.32. The fourth-order valence-electron chi connectivity index (χ4n) is 5.75. The van der Waals surface area contributed by atoms with Gasteiger partial charge in [-0.15, -0.1) is 68.6 Å². The van der Waals surface area contributed by atoms with Crippen LogP contribution in [-0.2, 0) is 23.3 Å². The summed E-state index contributed by atoms with van der Waals surface area (Å²) in [6.45, 7) is 11.9. The van der Waals surface area contributed by atoms with E-state index in [1.54, 1.807) is 0 Å². The Morgan fingerprint density at radius 2 is 1.21 bits per heavy atom. The molecule has 0 unspecified atom stereocenters. The van der Waals surface area contributed by atoms with Gasteiger partial charge in [-0.3, -0.25) is 0 Å². The SMILES string of the molecule is CC(C)c1cc2c(-c3ccccc3)cccc2[cH-]1.Cc1cc2c(-c3cccc4ccccc34)ccc(C)c2[cH-]1.[CH3-].[CH3-].[Si]=[Zr]. The minimum atomic E-state index is 0. The van der Waals surface area contributed by atoms with Gasteiger partial charge in [0.05, 0.1) is 0 Å². The van der Waals surface area contributed by atoms with Crippen LogP contribution in [0.5, 0.6) is 0 Å². The first-order chi connectivity index (χ1) is 20.0. The molecule has 7 aromatic rings. The quantitative estimate of drug-likeness (QED) is 0.132. The van der Waals surface area contributed by atoms with Gasteiger partial charge in [0.1, 0.15) is 0 Å². The van der Waals surface area contributed by atoms with E-state index in [2.05, 4.69) is 162 Å². The van der Waals surface area contributed by atoms with E-state index in [0.717, 1.165) is 0 Å². The predicted molar refractivity (Wildman–Crippen MR) is 190 cm³/mol. The zero-order valence-corrected chi connectivity index (χ0v) is 29.7. The summed E-state index contributed by atoms with van der Waals surface area (Å²) in [7, 11) is 0. The Labute approximate surface area is 275 Å². The van der Waals surface area contributed by atoms with Crippen LogP contribution in [0.3, 0.4) is 0 Å². The Kier molecular flexibility index (Phi) is 12.3. The Morgan fingerprint density at radius 3 is 1.95 bits per heavy atom. The first kappa shape index (κ1) is 34.2. The summed E-state index contributed by atoms with van der Waals surface area (Å²) in [5.74, 6) is 0.584. The van der Waals surface area contributed by atoms with Crippen molar-refractivity contribution >= 4 is 39.2 Å². The summed E-state index contributed by atoms with van der Waals surface area (Å²) in [6, 6.07) is 46.1. The maximum atomic E-state index is 3.06. The molecule has 0 saturated heterocycles. The molecular formula is C41H40SiZr-4. The summed E-state index contributed by atoms with van der Waals surface area (Å²) >= 11 is 1.36. The molecule has 2 heteroatoms. The van der Waals surface area contributed by atoms with Gasteiger partial charge in [-0.2, -0.15) is 12.1 Å². The van der Waals surface area contributed by atoms with Crippen LogP contribution in [-0.4, -0.2) is 6.88 Å². The number of benzene rings is 5. The van der Waals surface area contributed by atoms with Gasteiger partial charge < -0.3 is 14.9 Å². The van der Waals surface area contributed by atoms with E-state index < -0.39 is 0 Å². The molecule has 0 atom stereocenters. The van der Waals surface area contributed by atoms with Crippen LogP contribution < -0.4 is 0 Å². The van der Waals surface area contributed by atoms with Crippen molar-refractivity contribution in [2.45, 2.75) is 33.6 Å². The van der Waals surface area contributed by atoms with Crippen molar-refractivity contribution in [3.05, 3.63) is 159 Å². The second-order valence-corrected chi connectivity index (χ2v) is 10.9. The van der Waals surface area contributed by atoms with Crippen LogP contribution in [0.25, 0.3) is 54.6 Å². The summed E-state index contributed by atoms with van der Waals surface area (Å²) < 4.78 is 0. The fraction of sp³-hybridized carbons (Fsp3) is 0.122. The summed E-state index contributed by atoms with van der Waals surface area (Å²) in [5, 5.41) is 8.07. The molecule has 0 bridgehead atoms. The topological polar surface area (TPSA) is 0 Å². The number of aryl methyl sites for hydroxylation is 2. The van der Waals surface area contributed by atoms with E-state index in [1.807, 2.05) is 0 Å². The molecule has 7 rings (SSSR count). The molecule has 0 amide bonds. The number of rotatable bonds is 3. The molecule has 2 radical (unpaired) electrons. The molecule has 0 fully saturated rings. The molecule has 0 aliphatic carbocycles. The first-order valence-corrected chi connectivity index (χ1v) is 18.3. The van der Waals surface area contributed by atoms with Crippen molar-refractivity contribution in [1.82, 2.24) is 0 Å². The van der Waals surface area contributed by atoms with Crippen molar-refractivity contribution in [1.29, 1.82) is 0 Å². The van der Waals surface area contributed by atoms with Crippen LogP contribution >= 0.6 is 0 Å². The van der Waals surface area contributed by atoms with Gasteiger partial charge in [-0.1, -0.05) is 124 Å². The number of hydrogen-bond acceptors (Lipinski definition) is 0. The Morgan fingerprint density at radius 1 is 0.581 bits per heavy atom. The van der Waals surface area contributed by atoms with Crippen LogP contribution in [0.15, 0.2) is 127 Å². The molecule has 0 N–H and O–H groups in total. The van der Waals surface area contributed by atoms with Crippen molar-refractivity contribution in [3.63, 3.8) is 0 Å². The third kappa shape index (κ3) is 7.26. The molecule has 0 nitrogen and oxygen atoms in total. The van der Waals surface area contributed by atoms with E-state index in [4.69, 9.17) is 0 Å². The van der Waals surface area contributed by atoms with Gasteiger partial charge >= 0.3 is 30.2 Å². The van der Waals surface area contributed by atoms with Crippen molar-refractivity contribution in [2.75, 3.05) is 0 Å². The summed E-state index contributed by atoms with van der Waals surface area (Å²) in [6.07, 6.45) is 0. The zero-order chi connectivity index (χ0) is 28.9. The van der Waals surface area contributed by atoms with E-state index in [1.165, 1.54) is 94.6 Å². The molecule has 0 aliphatic rings. The third-order valence-corrected chi connectivity index (χ3v) is 7.85. The van der Waals surface area contributed by atoms with Gasteiger partial charge in [0.2, 0.25) is 0 Å². The minimum absolute atomic E-state index is 0. The van der Waals surface area contributed by atoms with Crippen LogP contribution in [0.1, 0.15) is 36.5 Å². The Balaban J connectivity index is 0.000000215. The molecule has 0 heterocycles. The molecule has 7 aromatic carbocycles. The summed E-state index contributed by atoms with van der Waals surface area (Å²) in [5.41, 5.74) is 9.39. The summed E-state index contributed by atoms with van der Waals surface area (Å²) in [4.78, 5) is 0. The average molecular weight is 652 g/mol. The first-order valence-electron chi connectivity index (χ1n) is 14.1. The molecule has 0 saturated carbocycles. The zero-order valence-electron chi connectivity index (χ0n) is 26.2. The van der Waals surface area contributed by atoms with Crippen molar-refractivity contribution < 1.29 is 23.3 Å². The third-order valence-electron chi connectivity index (χ3n) is 7.85. The predicted octanol–water partition coefficient (Wildman–Crippen LogP) is 11.9. The maximum absolute atomic E-state index is 3.06. The molecule has 43 heavy (non-hydrogen) atoms. The second kappa shape index (κ2) is 15.4. The van der Waals surface area contributed by atoms with Gasteiger partial charge in [-0.25, -0.2) is 0 Å². The van der Waals surface area contributed by atoms with E-state index in [-0.39, 0.29) is 14.9 Å². The monoisotopic (exact) mass is 650 g/mol. The average Bonchev–Trinajstić information content (AvgIpc) is 3.63. The number of hydrogen-bond donors (Lipinski definition) is 0. The van der Waals surface area contributed by atoms with Gasteiger partial charge in [-0.05, 0) is 27.8 Å². The van der Waals surface area contributed by atoms with Gasteiger partial charge in [0.25, 0.3) is 0 Å². The Bertz CT molecular complexity index is 1920. The molecule has 216 valence electrons. The van der Waals surface area contributed by atoms with Crippen LogP contribution in [0.4, 0.5) is 0 Å². The van der Waals surface area contributed by atoms with Crippen LogP contribution in [0.2, 0.25) is 0 Å². The number of fused-ring (bicyclic) bond motifs is 3. The van der Waals surface area contributed by atoms with E-state index in [9.17, 15) is 0 Å². The van der Waals surface area contributed by atoms with E-state index >= 15 is 0 Å². The molecule has 0 aliphatic heterocycles. The normalized spacial score (nSPS) is 10.3. The van der Waals surface area contributed by atoms with Gasteiger partial charge in [0.15, 0.2) is 0 Å². The molecule has 0 aromatic heterocycles. The fourth-order valence-corrected chi connectivity index (χ4v) is 5.75. The standard InChI is InChI=1S/C21H17.C18H17.2CH3.Si.Zr/c1-14-12-20-15(2)10-11-19(21(20)13-14)18-9-5-7-16-6-3-4-8-17(16)18;1-13(2)16-11-15-9-6-10-17(18(15)12-16)14-7-4-3-5-8-14;;;;/h3-13H,1-2H3;3-13H,1-2H3;2*1H3;;/q4*-1;;. The van der Waals surface area contributed by atoms with Crippen LogP contribution in [0, 0.1) is 28.7 Å². The van der Waals surface area contributed by atoms with Crippen molar-refractivity contribution in [3.8, 4) is 22.3 Å².